The molecular weight excluding hydrogens is 234 g/mol. The molecule has 0 spiro atoms. The summed E-state index contributed by atoms with van der Waals surface area (Å²) in [6.45, 7) is 2.90. The van der Waals surface area contributed by atoms with Crippen molar-refractivity contribution in [1.29, 1.82) is 0 Å². The molecule has 1 N–H and O–H groups in total. The Morgan fingerprint density at radius 3 is 2.39 bits per heavy atom. The summed E-state index contributed by atoms with van der Waals surface area (Å²) in [4.78, 5) is 22.8. The number of amides is 1. The monoisotopic (exact) mass is 251 g/mol. The molecule has 0 unspecified atom stereocenters. The summed E-state index contributed by atoms with van der Waals surface area (Å²) >= 11 is 0. The average molecular weight is 251 g/mol. The van der Waals surface area contributed by atoms with E-state index in [0.717, 1.165) is 0 Å². The maximum atomic E-state index is 11.7. The first-order chi connectivity index (χ1) is 8.48. The summed E-state index contributed by atoms with van der Waals surface area (Å²) in [7, 11) is 1.27. The molecule has 98 valence electrons. The van der Waals surface area contributed by atoms with E-state index in [0.29, 0.717) is 5.75 Å². The molecule has 0 aliphatic carbocycles. The molecule has 1 aromatic carbocycles. The second-order valence-corrected chi connectivity index (χ2v) is 4.11. The fraction of sp³-hybridized carbons (Fsp3) is 0.385. The molecule has 0 aliphatic rings. The summed E-state index contributed by atoms with van der Waals surface area (Å²) in [6, 6.07) is 9.05. The van der Waals surface area contributed by atoms with Gasteiger partial charge in [-0.2, -0.15) is 0 Å². The molecule has 0 aromatic heterocycles. The van der Waals surface area contributed by atoms with Crippen LogP contribution in [0.5, 0.6) is 5.75 Å². The van der Waals surface area contributed by atoms with Crippen molar-refractivity contribution in [2.75, 3.05) is 13.7 Å². The molecule has 0 aliphatic heterocycles. The number of methoxy groups -OCH3 is 1. The predicted octanol–water partition coefficient (Wildman–Crippen LogP) is 1.13. The van der Waals surface area contributed by atoms with Gasteiger partial charge in [-0.15, -0.1) is 0 Å². The highest BCUT2D eigenvalue weighted by atomic mass is 16.5. The molecule has 5 heteroatoms. The molecule has 0 saturated heterocycles. The van der Waals surface area contributed by atoms with Crippen molar-refractivity contribution in [3.63, 3.8) is 0 Å². The van der Waals surface area contributed by atoms with Gasteiger partial charge in [-0.25, -0.2) is 4.79 Å². The molecule has 1 rings (SSSR count). The molecule has 0 bridgehead atoms. The number of ether oxygens (including phenoxy) is 2. The summed E-state index contributed by atoms with van der Waals surface area (Å²) < 4.78 is 10.2. The maximum absolute atomic E-state index is 11.7. The lowest BCUT2D eigenvalue weighted by molar-refractivity contribution is -0.151. The van der Waals surface area contributed by atoms with E-state index in [2.05, 4.69) is 10.1 Å². The highest BCUT2D eigenvalue weighted by Gasteiger charge is 2.36. The van der Waals surface area contributed by atoms with Crippen molar-refractivity contribution in [2.24, 2.45) is 0 Å². The minimum Gasteiger partial charge on any atom is -0.491 e. The van der Waals surface area contributed by atoms with Crippen LogP contribution in [-0.4, -0.2) is 31.1 Å². The molecular formula is C13H17NO4. The standard InChI is InChI=1S/C13H17NO4/c1-10(15)14-13(2,12(16)17-3)9-18-11-7-5-4-6-8-11/h4-8H,9H2,1-3H3,(H,14,15)/t13-/m1/s1. The molecule has 1 aromatic rings. The molecule has 0 fully saturated rings. The lowest BCUT2D eigenvalue weighted by Gasteiger charge is -2.27. The van der Waals surface area contributed by atoms with Crippen LogP contribution in [0.25, 0.3) is 0 Å². The number of rotatable bonds is 5. The van der Waals surface area contributed by atoms with Crippen LogP contribution in [0.15, 0.2) is 30.3 Å². The van der Waals surface area contributed by atoms with Crippen LogP contribution in [0.2, 0.25) is 0 Å². The van der Waals surface area contributed by atoms with Crippen molar-refractivity contribution in [1.82, 2.24) is 5.32 Å². The Morgan fingerprint density at radius 2 is 1.89 bits per heavy atom. The largest absolute Gasteiger partial charge is 0.491 e. The quantitative estimate of drug-likeness (QED) is 0.797. The third-order valence-corrected chi connectivity index (χ3v) is 2.36. The fourth-order valence-electron chi connectivity index (χ4n) is 1.50. The smallest absolute Gasteiger partial charge is 0.334 e. The second-order valence-electron chi connectivity index (χ2n) is 4.11. The Morgan fingerprint density at radius 1 is 1.28 bits per heavy atom. The number of carbonyl (C=O) groups is 2. The van der Waals surface area contributed by atoms with Gasteiger partial charge in [0.15, 0.2) is 5.54 Å². The third-order valence-electron chi connectivity index (χ3n) is 2.36. The van der Waals surface area contributed by atoms with Crippen LogP contribution in [0.3, 0.4) is 0 Å². The van der Waals surface area contributed by atoms with Crippen LogP contribution in [0, 0.1) is 0 Å². The molecule has 1 atom stereocenters. The van der Waals surface area contributed by atoms with E-state index in [9.17, 15) is 9.59 Å². The van der Waals surface area contributed by atoms with Crippen molar-refractivity contribution in [2.45, 2.75) is 19.4 Å². The van der Waals surface area contributed by atoms with Crippen LogP contribution in [0.4, 0.5) is 0 Å². The van der Waals surface area contributed by atoms with Crippen molar-refractivity contribution >= 4 is 11.9 Å². The van der Waals surface area contributed by atoms with E-state index in [4.69, 9.17) is 4.74 Å². The zero-order valence-electron chi connectivity index (χ0n) is 10.7. The average Bonchev–Trinajstić information content (AvgIpc) is 2.36. The van der Waals surface area contributed by atoms with Crippen molar-refractivity contribution in [3.05, 3.63) is 30.3 Å². The number of nitrogens with one attached hydrogen (secondary N) is 1. The third kappa shape index (κ3) is 3.76. The lowest BCUT2D eigenvalue weighted by Crippen LogP contribution is -2.56. The van der Waals surface area contributed by atoms with Gasteiger partial charge in [-0.1, -0.05) is 18.2 Å². The number of hydrogen-bond donors (Lipinski definition) is 1. The maximum Gasteiger partial charge on any atom is 0.334 e. The summed E-state index contributed by atoms with van der Waals surface area (Å²) in [5.41, 5.74) is -1.20. The topological polar surface area (TPSA) is 64.6 Å². The predicted molar refractivity (Wildman–Crippen MR) is 66.2 cm³/mol. The zero-order valence-corrected chi connectivity index (χ0v) is 10.7. The van der Waals surface area contributed by atoms with E-state index in [1.807, 2.05) is 18.2 Å². The Bertz CT molecular complexity index is 418. The van der Waals surface area contributed by atoms with Gasteiger partial charge < -0.3 is 14.8 Å². The highest BCUT2D eigenvalue weighted by Crippen LogP contribution is 2.13. The molecule has 0 radical (unpaired) electrons. The number of carbonyl (C=O) groups excluding carboxylic acids is 2. The molecule has 1 amide bonds. The Labute approximate surface area is 106 Å². The number of hydrogen-bond acceptors (Lipinski definition) is 4. The Kier molecular flexibility index (Phi) is 4.71. The minimum absolute atomic E-state index is 0.00324. The SMILES string of the molecule is COC(=O)[C@@](C)(COc1ccccc1)NC(C)=O. The van der Waals surface area contributed by atoms with Gasteiger partial charge in [-0.3, -0.25) is 4.79 Å². The van der Waals surface area contributed by atoms with Crippen LogP contribution in [0.1, 0.15) is 13.8 Å². The van der Waals surface area contributed by atoms with Gasteiger partial charge in [0, 0.05) is 6.92 Å². The van der Waals surface area contributed by atoms with E-state index < -0.39 is 11.5 Å². The van der Waals surface area contributed by atoms with Gasteiger partial charge in [-0.05, 0) is 19.1 Å². The Hall–Kier alpha value is -2.04. The second kappa shape index (κ2) is 6.05. The molecule has 0 saturated carbocycles. The summed E-state index contributed by atoms with van der Waals surface area (Å²) in [6.07, 6.45) is 0. The first kappa shape index (κ1) is 14.0. The van der Waals surface area contributed by atoms with Gasteiger partial charge >= 0.3 is 5.97 Å². The van der Waals surface area contributed by atoms with E-state index in [-0.39, 0.29) is 12.5 Å². The first-order valence-electron chi connectivity index (χ1n) is 5.53. The Balaban J connectivity index is 2.73. The summed E-state index contributed by atoms with van der Waals surface area (Å²) in [5.74, 6) is -0.244. The van der Waals surface area contributed by atoms with Gasteiger partial charge in [0.25, 0.3) is 0 Å². The van der Waals surface area contributed by atoms with E-state index in [1.165, 1.54) is 14.0 Å². The van der Waals surface area contributed by atoms with Gasteiger partial charge in [0.05, 0.1) is 7.11 Å². The lowest BCUT2D eigenvalue weighted by atomic mass is 10.0. The normalized spacial score (nSPS) is 13.3. The molecule has 18 heavy (non-hydrogen) atoms. The number of benzene rings is 1. The van der Waals surface area contributed by atoms with Crippen molar-refractivity contribution in [3.8, 4) is 5.75 Å². The number of esters is 1. The van der Waals surface area contributed by atoms with Gasteiger partial charge in [0.1, 0.15) is 12.4 Å². The zero-order chi connectivity index (χ0) is 13.6. The fourth-order valence-corrected chi connectivity index (χ4v) is 1.50. The van der Waals surface area contributed by atoms with Gasteiger partial charge in [0.2, 0.25) is 5.91 Å². The van der Waals surface area contributed by atoms with E-state index in [1.54, 1.807) is 19.1 Å². The van der Waals surface area contributed by atoms with E-state index >= 15 is 0 Å². The molecule has 5 nitrogen and oxygen atoms in total. The summed E-state index contributed by atoms with van der Waals surface area (Å²) in [5, 5.41) is 2.54. The highest BCUT2D eigenvalue weighted by molar-refractivity contribution is 5.86. The number of para-hydroxylation sites is 1. The van der Waals surface area contributed by atoms with Crippen LogP contribution in [-0.2, 0) is 14.3 Å². The van der Waals surface area contributed by atoms with Crippen molar-refractivity contribution < 1.29 is 19.1 Å². The van der Waals surface area contributed by atoms with Crippen LogP contribution < -0.4 is 10.1 Å². The molecule has 0 heterocycles. The van der Waals surface area contributed by atoms with Crippen LogP contribution >= 0.6 is 0 Å². The first-order valence-corrected chi connectivity index (χ1v) is 5.53. The minimum atomic E-state index is -1.20.